The van der Waals surface area contributed by atoms with Crippen molar-refractivity contribution >= 4 is 23.1 Å². The summed E-state index contributed by atoms with van der Waals surface area (Å²) in [6.07, 6.45) is 1.73. The van der Waals surface area contributed by atoms with Gasteiger partial charge in [0.2, 0.25) is 0 Å². The van der Waals surface area contributed by atoms with Crippen LogP contribution in [0, 0.1) is 12.7 Å². The molecule has 1 N–H and O–H groups in total. The Morgan fingerprint density at radius 2 is 1.70 bits per heavy atom. The summed E-state index contributed by atoms with van der Waals surface area (Å²) in [6, 6.07) is 19.4. The minimum atomic E-state index is -0.875. The van der Waals surface area contributed by atoms with Crippen LogP contribution in [0.5, 0.6) is 0 Å². The molecule has 2 aromatic heterocycles. The second-order valence-corrected chi connectivity index (χ2v) is 7.94. The second kappa shape index (κ2) is 8.02. The van der Waals surface area contributed by atoms with Gasteiger partial charge in [-0.3, -0.25) is 14.0 Å². The molecule has 1 saturated heterocycles. The number of ketones is 1. The van der Waals surface area contributed by atoms with Gasteiger partial charge < -0.3 is 10.0 Å². The number of hydrogen-bond donors (Lipinski definition) is 1. The third kappa shape index (κ3) is 3.47. The highest BCUT2D eigenvalue weighted by Gasteiger charge is 2.46. The molecular formula is C26H20FN3O3. The van der Waals surface area contributed by atoms with Crippen LogP contribution in [0.4, 0.5) is 4.39 Å². The number of aryl methyl sites for hydroxylation is 1. The summed E-state index contributed by atoms with van der Waals surface area (Å²) in [6.45, 7) is 1.89. The van der Waals surface area contributed by atoms with E-state index in [1.54, 1.807) is 29.7 Å². The standard InChI is InChI=1S/C26H20FN3O3/c1-16-22(29-14-6-5-9-20(29)28-16)24(31)21-23(18-10-12-19(27)13-11-18)30(26(33)25(21)32)15-17-7-3-2-4-8-17/h2-14,23,31H,15H2,1H3. The molecule has 6 nitrogen and oxygen atoms in total. The van der Waals surface area contributed by atoms with Crippen LogP contribution >= 0.6 is 0 Å². The summed E-state index contributed by atoms with van der Waals surface area (Å²) in [7, 11) is 0. The summed E-state index contributed by atoms with van der Waals surface area (Å²) in [4.78, 5) is 32.2. The zero-order valence-electron chi connectivity index (χ0n) is 17.8. The van der Waals surface area contributed by atoms with Gasteiger partial charge in [0.25, 0.3) is 11.7 Å². The van der Waals surface area contributed by atoms with E-state index < -0.39 is 23.5 Å². The van der Waals surface area contributed by atoms with Crippen molar-refractivity contribution in [1.29, 1.82) is 0 Å². The van der Waals surface area contributed by atoms with E-state index in [1.807, 2.05) is 36.4 Å². The van der Waals surface area contributed by atoms with Crippen molar-refractivity contribution in [1.82, 2.24) is 14.3 Å². The van der Waals surface area contributed by atoms with E-state index >= 15 is 0 Å². The number of carbonyl (C=O) groups is 2. The predicted octanol–water partition coefficient (Wildman–Crippen LogP) is 4.40. The number of Topliss-reactive ketones (excluding diaryl/α,β-unsaturated/α-hetero) is 1. The van der Waals surface area contributed by atoms with Crippen molar-refractivity contribution in [3.8, 4) is 0 Å². The molecular weight excluding hydrogens is 421 g/mol. The summed E-state index contributed by atoms with van der Waals surface area (Å²) >= 11 is 0. The number of nitrogens with zero attached hydrogens (tertiary/aromatic N) is 3. The van der Waals surface area contributed by atoms with Gasteiger partial charge in [0, 0.05) is 12.7 Å². The average molecular weight is 441 g/mol. The van der Waals surface area contributed by atoms with Crippen LogP contribution < -0.4 is 0 Å². The van der Waals surface area contributed by atoms with Gasteiger partial charge in [-0.1, -0.05) is 48.5 Å². The number of likely N-dealkylation sites (tertiary alicyclic amines) is 1. The molecule has 5 rings (SSSR count). The smallest absolute Gasteiger partial charge is 0.295 e. The maximum atomic E-state index is 13.7. The van der Waals surface area contributed by atoms with Gasteiger partial charge in [0.05, 0.1) is 17.3 Å². The van der Waals surface area contributed by atoms with Crippen LogP contribution in [0.25, 0.3) is 11.4 Å². The maximum absolute atomic E-state index is 13.7. The summed E-state index contributed by atoms with van der Waals surface area (Å²) in [5, 5.41) is 11.4. The van der Waals surface area contributed by atoms with Gasteiger partial charge in [-0.25, -0.2) is 9.37 Å². The Morgan fingerprint density at radius 1 is 1.00 bits per heavy atom. The van der Waals surface area contributed by atoms with Gasteiger partial charge >= 0.3 is 0 Å². The fourth-order valence-electron chi connectivity index (χ4n) is 4.34. The number of imidazole rings is 1. The van der Waals surface area contributed by atoms with Gasteiger partial charge in [-0.15, -0.1) is 0 Å². The van der Waals surface area contributed by atoms with E-state index in [0.29, 0.717) is 22.6 Å². The molecule has 1 unspecified atom stereocenters. The van der Waals surface area contributed by atoms with E-state index in [1.165, 1.54) is 29.2 Å². The Balaban J connectivity index is 1.72. The quantitative estimate of drug-likeness (QED) is 0.289. The molecule has 33 heavy (non-hydrogen) atoms. The molecule has 7 heteroatoms. The number of aliphatic hydroxyl groups excluding tert-OH is 1. The molecule has 0 bridgehead atoms. The average Bonchev–Trinajstić information content (AvgIpc) is 3.28. The Labute approximate surface area is 189 Å². The zero-order chi connectivity index (χ0) is 23.1. The fraction of sp³-hybridized carbons (Fsp3) is 0.115. The number of fused-ring (bicyclic) bond motifs is 1. The zero-order valence-corrected chi connectivity index (χ0v) is 17.8. The third-order valence-corrected chi connectivity index (χ3v) is 5.85. The number of pyridine rings is 1. The number of benzene rings is 2. The fourth-order valence-corrected chi connectivity index (χ4v) is 4.34. The lowest BCUT2D eigenvalue weighted by molar-refractivity contribution is -0.140. The normalized spacial score (nSPS) is 17.8. The Bertz CT molecular complexity index is 1410. The van der Waals surface area contributed by atoms with E-state index in [-0.39, 0.29) is 17.9 Å². The van der Waals surface area contributed by atoms with Crippen molar-refractivity contribution in [3.05, 3.63) is 113 Å². The number of carbonyl (C=O) groups excluding carboxylic acids is 2. The molecule has 0 spiro atoms. The molecule has 1 atom stereocenters. The molecule has 1 aliphatic heterocycles. The van der Waals surface area contributed by atoms with E-state index in [2.05, 4.69) is 4.98 Å². The molecule has 1 fully saturated rings. The largest absolute Gasteiger partial charge is 0.505 e. The minimum Gasteiger partial charge on any atom is -0.505 e. The number of rotatable bonds is 4. The van der Waals surface area contributed by atoms with Crippen LogP contribution in [0.1, 0.15) is 28.6 Å². The van der Waals surface area contributed by atoms with Crippen LogP contribution in [0.2, 0.25) is 0 Å². The summed E-state index contributed by atoms with van der Waals surface area (Å²) in [5.41, 5.74) is 2.78. The van der Waals surface area contributed by atoms with Crippen molar-refractivity contribution in [2.75, 3.05) is 0 Å². The SMILES string of the molecule is Cc1nc2ccccn2c1C(O)=C1C(=O)C(=O)N(Cc2ccccc2)C1c1ccc(F)cc1. The molecule has 0 aliphatic carbocycles. The first-order valence-electron chi connectivity index (χ1n) is 10.5. The van der Waals surface area contributed by atoms with Crippen molar-refractivity contribution in [3.63, 3.8) is 0 Å². The summed E-state index contributed by atoms with van der Waals surface area (Å²) in [5.74, 6) is -2.25. The van der Waals surface area contributed by atoms with E-state index in [4.69, 9.17) is 0 Å². The molecule has 3 heterocycles. The van der Waals surface area contributed by atoms with Gasteiger partial charge in [-0.2, -0.15) is 0 Å². The van der Waals surface area contributed by atoms with Gasteiger partial charge in [-0.05, 0) is 42.3 Å². The lowest BCUT2D eigenvalue weighted by atomic mass is 9.96. The Hall–Kier alpha value is -4.26. The second-order valence-electron chi connectivity index (χ2n) is 7.94. The lowest BCUT2D eigenvalue weighted by Gasteiger charge is -2.25. The number of amides is 1. The van der Waals surface area contributed by atoms with Gasteiger partial charge in [0.1, 0.15) is 17.2 Å². The van der Waals surface area contributed by atoms with Crippen LogP contribution in [-0.4, -0.2) is 31.1 Å². The first kappa shape index (κ1) is 20.6. The van der Waals surface area contributed by atoms with Crippen LogP contribution in [0.15, 0.2) is 84.6 Å². The molecule has 0 saturated carbocycles. The summed E-state index contributed by atoms with van der Waals surface area (Å²) < 4.78 is 15.3. The Morgan fingerprint density at radius 3 is 2.42 bits per heavy atom. The topological polar surface area (TPSA) is 74.9 Å². The molecule has 2 aromatic carbocycles. The minimum absolute atomic E-state index is 0.0451. The van der Waals surface area contributed by atoms with E-state index in [9.17, 15) is 19.1 Å². The predicted molar refractivity (Wildman–Crippen MR) is 121 cm³/mol. The first-order chi connectivity index (χ1) is 16.0. The maximum Gasteiger partial charge on any atom is 0.295 e. The number of hydrogen-bond acceptors (Lipinski definition) is 4. The molecule has 1 aliphatic rings. The number of aromatic nitrogens is 2. The molecule has 0 radical (unpaired) electrons. The van der Waals surface area contributed by atoms with Crippen LogP contribution in [0.3, 0.4) is 0 Å². The molecule has 4 aromatic rings. The number of aliphatic hydroxyl groups is 1. The number of halogens is 1. The molecule has 1 amide bonds. The van der Waals surface area contributed by atoms with Crippen molar-refractivity contribution in [2.24, 2.45) is 0 Å². The third-order valence-electron chi connectivity index (χ3n) is 5.85. The monoisotopic (exact) mass is 441 g/mol. The van der Waals surface area contributed by atoms with Gasteiger partial charge in [0.15, 0.2) is 5.76 Å². The highest BCUT2D eigenvalue weighted by atomic mass is 19.1. The van der Waals surface area contributed by atoms with Crippen molar-refractivity contribution in [2.45, 2.75) is 19.5 Å². The lowest BCUT2D eigenvalue weighted by Crippen LogP contribution is -2.29. The first-order valence-corrected chi connectivity index (χ1v) is 10.5. The van der Waals surface area contributed by atoms with E-state index in [0.717, 1.165) is 5.56 Å². The highest BCUT2D eigenvalue weighted by molar-refractivity contribution is 6.46. The highest BCUT2D eigenvalue weighted by Crippen LogP contribution is 2.40. The van der Waals surface area contributed by atoms with Crippen molar-refractivity contribution < 1.29 is 19.1 Å². The Kier molecular flexibility index (Phi) is 5.01. The molecule has 164 valence electrons. The van der Waals surface area contributed by atoms with Crippen LogP contribution in [-0.2, 0) is 16.1 Å².